The zero-order valence-electron chi connectivity index (χ0n) is 19.5. The maximum absolute atomic E-state index is 13.1. The van der Waals surface area contributed by atoms with Crippen molar-refractivity contribution in [1.29, 1.82) is 0 Å². The van der Waals surface area contributed by atoms with Crippen molar-refractivity contribution in [3.8, 4) is 5.69 Å². The molecule has 27 heavy (non-hydrogen) atoms. The molecule has 2 aromatic heterocycles. The number of aryl methyl sites for hydroxylation is 1. The fourth-order valence-electron chi connectivity index (χ4n) is 2.97. The first-order chi connectivity index (χ1) is 15.1. The molecule has 1 aromatic carbocycles. The number of amides is 2. The van der Waals surface area contributed by atoms with Crippen LogP contribution in [-0.2, 0) is 4.79 Å². The van der Waals surface area contributed by atoms with Crippen LogP contribution in [0.25, 0.3) is 11.8 Å². The van der Waals surface area contributed by atoms with E-state index in [-0.39, 0.29) is 4.91 Å². The Labute approximate surface area is 168 Å². The van der Waals surface area contributed by atoms with Crippen LogP contribution in [0.4, 0.5) is 10.5 Å². The molecule has 3 heterocycles. The lowest BCUT2D eigenvalue weighted by molar-refractivity contribution is -0.113. The molecular weight excluding hydrogens is 358 g/mol. The highest BCUT2D eigenvalue weighted by Gasteiger charge is 2.36. The summed E-state index contributed by atoms with van der Waals surface area (Å²) in [4.78, 5) is 30.6. The highest BCUT2D eigenvalue weighted by Crippen LogP contribution is 2.36. The lowest BCUT2D eigenvalue weighted by Gasteiger charge is -2.11. The molecule has 1 fully saturated rings. The van der Waals surface area contributed by atoms with E-state index < -0.39 is 47.0 Å². The first-order valence-electron chi connectivity index (χ1n) is 10.6. The summed E-state index contributed by atoms with van der Waals surface area (Å²) >= 11 is 0.665. The Balaban J connectivity index is 1.77. The highest BCUT2D eigenvalue weighted by atomic mass is 32.2. The molecule has 0 N–H and O–H groups in total. The summed E-state index contributed by atoms with van der Waals surface area (Å²) in [7, 11) is 0. The third-order valence-corrected chi connectivity index (χ3v) is 5.03. The van der Waals surface area contributed by atoms with Crippen molar-refractivity contribution in [2.24, 2.45) is 0 Å². The molecule has 0 bridgehead atoms. The van der Waals surface area contributed by atoms with Gasteiger partial charge in [0.15, 0.2) is 0 Å². The number of imide groups is 1. The topological polar surface area (TPSA) is 55.2 Å². The summed E-state index contributed by atoms with van der Waals surface area (Å²) in [6, 6.07) is 2.59. The van der Waals surface area contributed by atoms with Gasteiger partial charge in [-0.25, -0.2) is 4.90 Å². The molecule has 3 aromatic rings. The molecule has 0 saturated carbocycles. The van der Waals surface area contributed by atoms with E-state index >= 15 is 0 Å². The minimum Gasteiger partial charge on any atom is -0.316 e. The Kier molecular flexibility index (Phi) is 3.14. The van der Waals surface area contributed by atoms with Gasteiger partial charge in [0.2, 0.25) is 0 Å². The van der Waals surface area contributed by atoms with Crippen LogP contribution in [0.15, 0.2) is 65.7 Å². The molecule has 0 unspecified atom stereocenters. The molecule has 2 amide bonds. The number of benzene rings is 1. The van der Waals surface area contributed by atoms with Crippen molar-refractivity contribution in [1.82, 2.24) is 9.55 Å². The predicted octanol–water partition coefficient (Wildman–Crippen LogP) is 4.73. The lowest BCUT2D eigenvalue weighted by atomic mass is 10.2. The molecule has 134 valence electrons. The maximum Gasteiger partial charge on any atom is 0.298 e. The Hall–Kier alpha value is -3.12. The lowest BCUT2D eigenvalue weighted by Crippen LogP contribution is -2.27. The van der Waals surface area contributed by atoms with Gasteiger partial charge in [0, 0.05) is 17.6 Å². The normalized spacial score (nSPS) is 18.4. The minimum atomic E-state index is -0.732. The average Bonchev–Trinajstić information content (AvgIpc) is 3.21. The third kappa shape index (κ3) is 3.08. The predicted molar refractivity (Wildman–Crippen MR) is 108 cm³/mol. The standard InChI is InChI=1S/C21H17N3O2S/c1-14-11-16(15(2)23(14)18-9-6-10-22-13-18)12-19-20(25)24(21(26)27-19)17-7-4-3-5-8-17/h3-13H,1-2H3/b19-12-/i3D,4D,5D,7D,8D. The molecule has 5 nitrogen and oxygen atoms in total. The molecule has 4 rings (SSSR count). The molecule has 0 atom stereocenters. The van der Waals surface area contributed by atoms with E-state index in [0.29, 0.717) is 16.7 Å². The summed E-state index contributed by atoms with van der Waals surface area (Å²) in [5.41, 5.74) is 2.88. The molecule has 0 radical (unpaired) electrons. The van der Waals surface area contributed by atoms with Gasteiger partial charge in [0.1, 0.15) is 0 Å². The minimum absolute atomic E-state index is 0.105. The molecule has 6 heteroatoms. The quantitative estimate of drug-likeness (QED) is 0.617. The second-order valence-corrected chi connectivity index (χ2v) is 6.86. The highest BCUT2D eigenvalue weighted by molar-refractivity contribution is 8.19. The van der Waals surface area contributed by atoms with Gasteiger partial charge in [0.05, 0.1) is 29.3 Å². The van der Waals surface area contributed by atoms with Gasteiger partial charge in [-0.05, 0) is 67.5 Å². The van der Waals surface area contributed by atoms with Gasteiger partial charge >= 0.3 is 0 Å². The molecular formula is C21H17N3O2S. The number of pyridine rings is 1. The summed E-state index contributed by atoms with van der Waals surface area (Å²) in [5, 5.41) is -0.721. The van der Waals surface area contributed by atoms with E-state index in [2.05, 4.69) is 4.98 Å². The summed E-state index contributed by atoms with van der Waals surface area (Å²) in [6.45, 7) is 3.79. The second kappa shape index (κ2) is 6.89. The van der Waals surface area contributed by atoms with Crippen LogP contribution in [-0.4, -0.2) is 20.7 Å². The number of anilines is 1. The number of hydrogen-bond acceptors (Lipinski definition) is 4. The number of carbonyl (C=O) groups excluding carboxylic acids is 2. The largest absolute Gasteiger partial charge is 0.316 e. The molecule has 0 aliphatic carbocycles. The monoisotopic (exact) mass is 380 g/mol. The summed E-state index contributed by atoms with van der Waals surface area (Å²) in [5.74, 6) is -0.732. The Bertz CT molecular complexity index is 1290. The zero-order valence-corrected chi connectivity index (χ0v) is 15.3. The van der Waals surface area contributed by atoms with Crippen LogP contribution in [0.2, 0.25) is 0 Å². The molecule has 1 aliphatic rings. The van der Waals surface area contributed by atoms with Gasteiger partial charge in [-0.15, -0.1) is 0 Å². The number of para-hydroxylation sites is 1. The van der Waals surface area contributed by atoms with Crippen LogP contribution < -0.4 is 4.90 Å². The Morgan fingerprint density at radius 1 is 1.15 bits per heavy atom. The van der Waals surface area contributed by atoms with Gasteiger partial charge in [-0.1, -0.05) is 18.1 Å². The van der Waals surface area contributed by atoms with Crippen molar-refractivity contribution < 1.29 is 16.4 Å². The van der Waals surface area contributed by atoms with Crippen molar-refractivity contribution in [3.63, 3.8) is 0 Å². The Morgan fingerprint density at radius 2 is 1.93 bits per heavy atom. The number of carbonyl (C=O) groups is 2. The second-order valence-electron chi connectivity index (χ2n) is 5.86. The SMILES string of the molecule is [2H]c1c([2H])c([2H])c(N2C(=O)S/C(=C\c3cc(C)n(-c4cccnc4)c3C)C2=O)c([2H])c1[2H]. The maximum atomic E-state index is 13.1. The van der Waals surface area contributed by atoms with Crippen LogP contribution in [0, 0.1) is 13.8 Å². The van der Waals surface area contributed by atoms with E-state index in [0.717, 1.165) is 22.6 Å². The van der Waals surface area contributed by atoms with E-state index in [1.807, 2.05) is 36.6 Å². The number of nitrogens with zero attached hydrogens (tertiary/aromatic N) is 3. The van der Waals surface area contributed by atoms with Crippen LogP contribution in [0.3, 0.4) is 0 Å². The van der Waals surface area contributed by atoms with Crippen LogP contribution in [0.1, 0.15) is 23.8 Å². The molecule has 0 spiro atoms. The van der Waals surface area contributed by atoms with E-state index in [1.165, 1.54) is 0 Å². The molecule has 1 aliphatic heterocycles. The zero-order chi connectivity index (χ0) is 23.3. The number of hydrogen-bond donors (Lipinski definition) is 0. The smallest absolute Gasteiger partial charge is 0.298 e. The third-order valence-electron chi connectivity index (χ3n) is 4.17. The Morgan fingerprint density at radius 3 is 2.63 bits per heavy atom. The van der Waals surface area contributed by atoms with Gasteiger partial charge in [-0.3, -0.25) is 14.6 Å². The van der Waals surface area contributed by atoms with Gasteiger partial charge in [-0.2, -0.15) is 0 Å². The number of aromatic nitrogens is 2. The average molecular weight is 380 g/mol. The molecule has 1 saturated heterocycles. The van der Waals surface area contributed by atoms with E-state index in [9.17, 15) is 9.59 Å². The van der Waals surface area contributed by atoms with Crippen molar-refractivity contribution in [2.75, 3.05) is 4.90 Å². The van der Waals surface area contributed by atoms with Gasteiger partial charge in [0.25, 0.3) is 11.1 Å². The van der Waals surface area contributed by atoms with E-state index in [1.54, 1.807) is 18.5 Å². The van der Waals surface area contributed by atoms with Gasteiger partial charge < -0.3 is 4.57 Å². The van der Waals surface area contributed by atoms with E-state index in [4.69, 9.17) is 6.85 Å². The van der Waals surface area contributed by atoms with Crippen molar-refractivity contribution in [3.05, 3.63) is 82.7 Å². The summed E-state index contributed by atoms with van der Waals surface area (Å²) in [6.07, 6.45) is 4.97. The van der Waals surface area contributed by atoms with Crippen LogP contribution >= 0.6 is 11.8 Å². The van der Waals surface area contributed by atoms with Crippen LogP contribution in [0.5, 0.6) is 0 Å². The number of rotatable bonds is 3. The first-order valence-corrected chi connectivity index (χ1v) is 8.89. The fourth-order valence-corrected chi connectivity index (χ4v) is 3.79. The van der Waals surface area contributed by atoms with Crippen molar-refractivity contribution in [2.45, 2.75) is 13.8 Å². The van der Waals surface area contributed by atoms with Crippen molar-refractivity contribution >= 4 is 34.7 Å². The number of thioether (sulfide) groups is 1. The fraction of sp³-hybridized carbons (Fsp3) is 0.0952. The first kappa shape index (κ1) is 12.3. The summed E-state index contributed by atoms with van der Waals surface area (Å²) < 4.78 is 41.4.